The molecule has 30 heavy (non-hydrogen) atoms. The molecule has 1 aromatic rings. The monoisotopic (exact) mass is 414 g/mol. The standard InChI is InChI=1S/C23H30N2O5/c1-15-3-4-20-18(13-15)19(27)14-23(30-20)8-5-21(28)25(12-9-23)16(2)22(29)24-10-6-17(26)7-11-24/h3-4,13,16-17,26H,5-12,14H2,1-2H3. The highest BCUT2D eigenvalue weighted by Gasteiger charge is 2.44. The molecular formula is C23H30N2O5. The van der Waals surface area contributed by atoms with E-state index in [0.29, 0.717) is 56.6 Å². The normalized spacial score (nSPS) is 26.2. The molecule has 2 saturated heterocycles. The molecule has 7 nitrogen and oxygen atoms in total. The number of fused-ring (bicyclic) bond motifs is 1. The number of aryl methyl sites for hydroxylation is 1. The molecule has 0 saturated carbocycles. The summed E-state index contributed by atoms with van der Waals surface area (Å²) in [7, 11) is 0. The second-order valence-corrected chi connectivity index (χ2v) is 8.95. The molecule has 3 aliphatic heterocycles. The maximum absolute atomic E-state index is 12.9. The van der Waals surface area contributed by atoms with Crippen LogP contribution in [0.15, 0.2) is 18.2 Å². The lowest BCUT2D eigenvalue weighted by Crippen LogP contribution is -2.52. The summed E-state index contributed by atoms with van der Waals surface area (Å²) in [5.41, 5.74) is 0.937. The Balaban J connectivity index is 1.47. The average molecular weight is 415 g/mol. The molecule has 1 N–H and O–H groups in total. The third-order valence-electron chi connectivity index (χ3n) is 6.77. The van der Waals surface area contributed by atoms with Crippen LogP contribution in [0.5, 0.6) is 5.75 Å². The Labute approximate surface area is 177 Å². The molecule has 3 aliphatic rings. The van der Waals surface area contributed by atoms with Gasteiger partial charge in [0.25, 0.3) is 0 Å². The number of carbonyl (C=O) groups excluding carboxylic acids is 3. The van der Waals surface area contributed by atoms with Gasteiger partial charge in [0, 0.05) is 32.5 Å². The van der Waals surface area contributed by atoms with Crippen molar-refractivity contribution in [1.29, 1.82) is 0 Å². The number of aliphatic hydroxyl groups excluding tert-OH is 1. The molecule has 2 fully saturated rings. The Hall–Kier alpha value is -2.41. The molecule has 0 radical (unpaired) electrons. The number of rotatable bonds is 2. The number of piperidine rings is 1. The van der Waals surface area contributed by atoms with E-state index in [1.807, 2.05) is 25.1 Å². The first kappa shape index (κ1) is 20.8. The lowest BCUT2D eigenvalue weighted by molar-refractivity contribution is -0.146. The maximum atomic E-state index is 12.9. The van der Waals surface area contributed by atoms with Crippen molar-refractivity contribution in [2.45, 2.75) is 70.1 Å². The van der Waals surface area contributed by atoms with Crippen molar-refractivity contribution in [2.24, 2.45) is 0 Å². The molecule has 0 bridgehead atoms. The number of ether oxygens (including phenoxy) is 1. The van der Waals surface area contributed by atoms with Crippen molar-refractivity contribution in [3.8, 4) is 5.75 Å². The zero-order chi connectivity index (χ0) is 21.5. The number of likely N-dealkylation sites (tertiary alicyclic amines) is 2. The fourth-order valence-electron chi connectivity index (χ4n) is 4.83. The number of hydrogen-bond donors (Lipinski definition) is 1. The summed E-state index contributed by atoms with van der Waals surface area (Å²) in [5, 5.41) is 9.68. The van der Waals surface area contributed by atoms with Crippen LogP contribution in [-0.2, 0) is 9.59 Å². The highest BCUT2D eigenvalue weighted by atomic mass is 16.5. The lowest BCUT2D eigenvalue weighted by Gasteiger charge is -2.38. The molecular weight excluding hydrogens is 384 g/mol. The number of carbonyl (C=O) groups is 3. The molecule has 7 heteroatoms. The van der Waals surface area contributed by atoms with Gasteiger partial charge in [0.15, 0.2) is 5.78 Å². The molecule has 0 aromatic heterocycles. The van der Waals surface area contributed by atoms with Gasteiger partial charge in [-0.15, -0.1) is 0 Å². The van der Waals surface area contributed by atoms with Crippen LogP contribution >= 0.6 is 0 Å². The van der Waals surface area contributed by atoms with Crippen LogP contribution in [0.3, 0.4) is 0 Å². The van der Waals surface area contributed by atoms with E-state index in [2.05, 4.69) is 0 Å². The van der Waals surface area contributed by atoms with Gasteiger partial charge < -0.3 is 19.6 Å². The molecule has 2 amide bonds. The minimum Gasteiger partial charge on any atom is -0.486 e. The van der Waals surface area contributed by atoms with Crippen LogP contribution in [0.1, 0.15) is 61.4 Å². The van der Waals surface area contributed by atoms with E-state index in [9.17, 15) is 19.5 Å². The first-order valence-electron chi connectivity index (χ1n) is 10.9. The van der Waals surface area contributed by atoms with Gasteiger partial charge in [0.2, 0.25) is 11.8 Å². The number of ketones is 1. The van der Waals surface area contributed by atoms with E-state index in [0.717, 1.165) is 5.56 Å². The highest BCUT2D eigenvalue weighted by molar-refractivity contribution is 6.00. The third kappa shape index (κ3) is 3.95. The summed E-state index contributed by atoms with van der Waals surface area (Å²) in [6.45, 7) is 5.14. The third-order valence-corrected chi connectivity index (χ3v) is 6.77. The van der Waals surface area contributed by atoms with Gasteiger partial charge >= 0.3 is 0 Å². The summed E-state index contributed by atoms with van der Waals surface area (Å²) in [4.78, 5) is 42.0. The first-order valence-corrected chi connectivity index (χ1v) is 10.9. The molecule has 2 atom stereocenters. The summed E-state index contributed by atoms with van der Waals surface area (Å²) in [6, 6.07) is 5.06. The zero-order valence-electron chi connectivity index (χ0n) is 17.7. The van der Waals surface area contributed by atoms with Crippen LogP contribution in [0, 0.1) is 6.92 Å². The van der Waals surface area contributed by atoms with Crippen molar-refractivity contribution in [1.82, 2.24) is 9.80 Å². The van der Waals surface area contributed by atoms with E-state index in [-0.39, 0.29) is 36.5 Å². The second kappa shape index (κ2) is 8.02. The minimum absolute atomic E-state index is 0.0526. The van der Waals surface area contributed by atoms with Crippen LogP contribution in [0.2, 0.25) is 0 Å². The Morgan fingerprint density at radius 1 is 1.20 bits per heavy atom. The highest BCUT2D eigenvalue weighted by Crippen LogP contribution is 2.40. The molecule has 1 spiro atoms. The van der Waals surface area contributed by atoms with Crippen molar-refractivity contribution in [3.63, 3.8) is 0 Å². The number of benzene rings is 1. The maximum Gasteiger partial charge on any atom is 0.245 e. The summed E-state index contributed by atoms with van der Waals surface area (Å²) in [6.07, 6.45) is 2.31. The Kier molecular flexibility index (Phi) is 5.57. The van der Waals surface area contributed by atoms with Crippen LogP contribution in [-0.4, -0.2) is 69.9 Å². The van der Waals surface area contributed by atoms with Crippen molar-refractivity contribution in [2.75, 3.05) is 19.6 Å². The summed E-state index contributed by atoms with van der Waals surface area (Å²) >= 11 is 0. The molecule has 162 valence electrons. The zero-order valence-corrected chi connectivity index (χ0v) is 17.7. The first-order chi connectivity index (χ1) is 14.3. The van der Waals surface area contributed by atoms with Gasteiger partial charge in [0.1, 0.15) is 17.4 Å². The van der Waals surface area contributed by atoms with E-state index in [1.54, 1.807) is 16.7 Å². The molecule has 1 aromatic carbocycles. The second-order valence-electron chi connectivity index (χ2n) is 8.95. The Morgan fingerprint density at radius 3 is 2.67 bits per heavy atom. The Morgan fingerprint density at radius 2 is 1.93 bits per heavy atom. The smallest absolute Gasteiger partial charge is 0.245 e. The van der Waals surface area contributed by atoms with E-state index in [4.69, 9.17) is 4.74 Å². The van der Waals surface area contributed by atoms with Gasteiger partial charge in [-0.3, -0.25) is 14.4 Å². The van der Waals surface area contributed by atoms with E-state index < -0.39 is 11.6 Å². The largest absolute Gasteiger partial charge is 0.486 e. The molecule has 3 heterocycles. The predicted octanol–water partition coefficient (Wildman–Crippen LogP) is 2.08. The van der Waals surface area contributed by atoms with Gasteiger partial charge in [-0.05, 0) is 45.2 Å². The van der Waals surface area contributed by atoms with Crippen molar-refractivity contribution in [3.05, 3.63) is 29.3 Å². The average Bonchev–Trinajstić information content (AvgIpc) is 2.87. The number of Topliss-reactive ketones (excluding diaryl/α,β-unsaturated/α-hetero) is 1. The summed E-state index contributed by atoms with van der Waals surface area (Å²) in [5.74, 6) is 0.494. The van der Waals surface area contributed by atoms with Crippen molar-refractivity contribution < 1.29 is 24.2 Å². The van der Waals surface area contributed by atoms with E-state index in [1.165, 1.54) is 0 Å². The van der Waals surface area contributed by atoms with Gasteiger partial charge in [0.05, 0.1) is 18.1 Å². The van der Waals surface area contributed by atoms with Gasteiger partial charge in [-0.25, -0.2) is 0 Å². The van der Waals surface area contributed by atoms with Crippen LogP contribution in [0.25, 0.3) is 0 Å². The van der Waals surface area contributed by atoms with Crippen LogP contribution < -0.4 is 4.74 Å². The van der Waals surface area contributed by atoms with Crippen LogP contribution in [0.4, 0.5) is 0 Å². The number of hydrogen-bond acceptors (Lipinski definition) is 5. The minimum atomic E-state index is -0.693. The quantitative estimate of drug-likeness (QED) is 0.801. The lowest BCUT2D eigenvalue weighted by atomic mass is 9.84. The summed E-state index contributed by atoms with van der Waals surface area (Å²) < 4.78 is 6.31. The number of aliphatic hydroxyl groups is 1. The predicted molar refractivity (Wildman–Crippen MR) is 110 cm³/mol. The van der Waals surface area contributed by atoms with Crippen molar-refractivity contribution >= 4 is 17.6 Å². The fraction of sp³-hybridized carbons (Fsp3) is 0.609. The molecule has 4 rings (SSSR count). The van der Waals surface area contributed by atoms with Gasteiger partial charge in [-0.2, -0.15) is 0 Å². The molecule has 2 unspecified atom stereocenters. The number of amides is 2. The SMILES string of the molecule is Cc1ccc2c(c1)C(=O)CC1(CCC(=O)N(C(C)C(=O)N3CCC(O)CC3)CC1)O2. The number of nitrogens with zero attached hydrogens (tertiary/aromatic N) is 2. The Bertz CT molecular complexity index is 861. The van der Waals surface area contributed by atoms with Gasteiger partial charge in [-0.1, -0.05) is 11.6 Å². The molecule has 0 aliphatic carbocycles. The topological polar surface area (TPSA) is 87.2 Å². The van der Waals surface area contributed by atoms with E-state index >= 15 is 0 Å². The fourth-order valence-corrected chi connectivity index (χ4v) is 4.83.